The predicted molar refractivity (Wildman–Crippen MR) is 137 cm³/mol. The Morgan fingerprint density at radius 3 is 2.86 bits per heavy atom. The maximum absolute atomic E-state index is 13.4. The first-order chi connectivity index (χ1) is 16.8. The van der Waals surface area contributed by atoms with Crippen molar-refractivity contribution in [1.29, 1.82) is 0 Å². The third-order valence-electron chi connectivity index (χ3n) is 6.82. The predicted octanol–water partition coefficient (Wildman–Crippen LogP) is 4.13. The molecule has 2 amide bonds. The van der Waals surface area contributed by atoms with Crippen LogP contribution in [0.15, 0.2) is 36.8 Å². The van der Waals surface area contributed by atoms with Crippen molar-refractivity contribution in [3.05, 3.63) is 47.4 Å². The van der Waals surface area contributed by atoms with E-state index >= 15 is 0 Å². The molecule has 0 aliphatic carbocycles. The van der Waals surface area contributed by atoms with Crippen molar-refractivity contribution in [2.75, 3.05) is 26.0 Å². The second-order valence-electron chi connectivity index (χ2n) is 9.55. The molecule has 0 saturated carbocycles. The van der Waals surface area contributed by atoms with Crippen LogP contribution in [-0.2, 0) is 9.59 Å². The fourth-order valence-corrected chi connectivity index (χ4v) is 5.66. The highest BCUT2D eigenvalue weighted by Gasteiger charge is 2.34. The number of likely N-dealkylation sites (tertiary alicyclic amines) is 1. The number of thiazole rings is 1. The molecule has 1 fully saturated rings. The molecule has 0 radical (unpaired) electrons. The van der Waals surface area contributed by atoms with Crippen molar-refractivity contribution in [3.8, 4) is 0 Å². The van der Waals surface area contributed by atoms with E-state index in [2.05, 4.69) is 57.4 Å². The van der Waals surface area contributed by atoms with Crippen LogP contribution in [0.2, 0.25) is 0 Å². The number of hydrogen-bond acceptors (Lipinski definition) is 7. The second kappa shape index (κ2) is 9.35. The number of rotatable bonds is 4. The number of aromatic amines is 1. The third kappa shape index (κ3) is 4.51. The number of anilines is 1. The van der Waals surface area contributed by atoms with Crippen molar-refractivity contribution in [1.82, 2.24) is 30.0 Å². The number of carbonyl (C=O) groups is 2. The molecule has 3 atom stereocenters. The highest BCUT2D eigenvalue weighted by molar-refractivity contribution is 7.18. The molecule has 4 aromatic rings. The first-order valence-corrected chi connectivity index (χ1v) is 12.6. The number of H-pyrrole nitrogens is 1. The Bertz CT molecular complexity index is 1400. The first-order valence-electron chi connectivity index (χ1n) is 11.8. The molecule has 0 bridgehead atoms. The van der Waals surface area contributed by atoms with E-state index in [4.69, 9.17) is 4.98 Å². The van der Waals surface area contributed by atoms with E-state index in [1.165, 1.54) is 6.20 Å². The topological polar surface area (TPSA) is 107 Å². The number of aromatic nitrogens is 4. The summed E-state index contributed by atoms with van der Waals surface area (Å²) in [5.74, 6) is -0.903. The number of nitrogens with one attached hydrogen (secondary N) is 2. The van der Waals surface area contributed by atoms with Crippen LogP contribution in [0.5, 0.6) is 0 Å². The molecule has 3 aromatic heterocycles. The standard InChI is InChI=1S/C25H29N7O2S/c1-14-5-7-20(16-6-8-21-18(9-16)29-24(35-21)15(2)31(3)4)32(13-14)25(34)23(33)28-19-12-26-10-17-11-27-30-22(17)19/h6,8-12,14-15,20H,5,7,13H2,1-4H3,(H,27,30)(H,28,33)/t14-,15-,20+/m0/s1. The Morgan fingerprint density at radius 1 is 1.23 bits per heavy atom. The fraction of sp³-hybridized carbons (Fsp3) is 0.400. The number of pyridine rings is 1. The molecule has 10 heteroatoms. The summed E-state index contributed by atoms with van der Waals surface area (Å²) in [7, 11) is 4.09. The van der Waals surface area contributed by atoms with Gasteiger partial charge in [0.2, 0.25) is 0 Å². The van der Waals surface area contributed by atoms with Crippen LogP contribution in [0.1, 0.15) is 49.3 Å². The van der Waals surface area contributed by atoms with Crippen molar-refractivity contribution in [3.63, 3.8) is 0 Å². The van der Waals surface area contributed by atoms with Gasteiger partial charge < -0.3 is 15.1 Å². The second-order valence-corrected chi connectivity index (χ2v) is 10.6. The lowest BCUT2D eigenvalue weighted by molar-refractivity contribution is -0.146. The summed E-state index contributed by atoms with van der Waals surface area (Å²) >= 11 is 1.69. The van der Waals surface area contributed by atoms with Crippen molar-refractivity contribution in [2.24, 2.45) is 5.92 Å². The Morgan fingerprint density at radius 2 is 2.06 bits per heavy atom. The molecule has 1 saturated heterocycles. The molecular weight excluding hydrogens is 462 g/mol. The molecule has 35 heavy (non-hydrogen) atoms. The SMILES string of the molecule is C[C@H]1CC[C@H](c2ccc3sc([C@H](C)N(C)C)nc3c2)N(C(=O)C(=O)Nc2cncc3cn[nH]c23)C1. The largest absolute Gasteiger partial charge is 0.327 e. The summed E-state index contributed by atoms with van der Waals surface area (Å²) in [5.41, 5.74) is 3.02. The van der Waals surface area contributed by atoms with Crippen LogP contribution in [0.25, 0.3) is 21.1 Å². The summed E-state index contributed by atoms with van der Waals surface area (Å²) in [6, 6.07) is 6.28. The number of piperidine rings is 1. The van der Waals surface area contributed by atoms with Crippen LogP contribution in [0, 0.1) is 5.92 Å². The Kier molecular flexibility index (Phi) is 6.24. The minimum atomic E-state index is -0.676. The molecule has 9 nitrogen and oxygen atoms in total. The smallest absolute Gasteiger partial charge is 0.314 e. The Labute approximate surface area is 207 Å². The van der Waals surface area contributed by atoms with Crippen LogP contribution in [-0.4, -0.2) is 62.4 Å². The Balaban J connectivity index is 1.41. The van der Waals surface area contributed by atoms with Gasteiger partial charge in [0.15, 0.2) is 0 Å². The van der Waals surface area contributed by atoms with Gasteiger partial charge in [-0.2, -0.15) is 5.10 Å². The average molecular weight is 492 g/mol. The first kappa shape index (κ1) is 23.4. The summed E-state index contributed by atoms with van der Waals surface area (Å²) in [5, 5.41) is 11.4. The minimum Gasteiger partial charge on any atom is -0.327 e. The van der Waals surface area contributed by atoms with Gasteiger partial charge in [-0.3, -0.25) is 19.7 Å². The van der Waals surface area contributed by atoms with Crippen molar-refractivity contribution in [2.45, 2.75) is 38.8 Å². The molecule has 1 aromatic carbocycles. The van der Waals surface area contributed by atoms with Gasteiger partial charge in [0.25, 0.3) is 0 Å². The van der Waals surface area contributed by atoms with Crippen molar-refractivity contribution < 1.29 is 9.59 Å². The highest BCUT2D eigenvalue weighted by Crippen LogP contribution is 2.36. The van der Waals surface area contributed by atoms with E-state index in [1.54, 1.807) is 28.6 Å². The number of carbonyl (C=O) groups excluding carboxylic acids is 2. The van der Waals surface area contributed by atoms with Gasteiger partial charge >= 0.3 is 11.8 Å². The maximum Gasteiger partial charge on any atom is 0.314 e. The zero-order valence-electron chi connectivity index (χ0n) is 20.3. The highest BCUT2D eigenvalue weighted by atomic mass is 32.1. The fourth-order valence-electron chi connectivity index (χ4n) is 4.56. The van der Waals surface area contributed by atoms with Gasteiger partial charge in [-0.05, 0) is 57.5 Å². The maximum atomic E-state index is 13.4. The van der Waals surface area contributed by atoms with Crippen LogP contribution >= 0.6 is 11.3 Å². The quantitative estimate of drug-likeness (QED) is 0.416. The Hall–Kier alpha value is -3.37. The normalized spacial score (nSPS) is 19.4. The molecule has 1 aliphatic rings. The van der Waals surface area contributed by atoms with E-state index in [0.29, 0.717) is 23.7 Å². The summed E-state index contributed by atoms with van der Waals surface area (Å²) in [6.07, 6.45) is 6.59. The van der Waals surface area contributed by atoms with Crippen LogP contribution < -0.4 is 5.32 Å². The summed E-state index contributed by atoms with van der Waals surface area (Å²) in [4.78, 5) is 39.3. The van der Waals surface area contributed by atoms with Gasteiger partial charge in [-0.15, -0.1) is 11.3 Å². The molecule has 1 aliphatic heterocycles. The summed E-state index contributed by atoms with van der Waals surface area (Å²) in [6.45, 7) is 4.78. The lowest BCUT2D eigenvalue weighted by Crippen LogP contribution is -2.46. The van der Waals surface area contributed by atoms with E-state index in [0.717, 1.165) is 39.0 Å². The molecule has 0 unspecified atom stereocenters. The molecule has 4 heterocycles. The van der Waals surface area contributed by atoms with E-state index in [9.17, 15) is 9.59 Å². The molecule has 0 spiro atoms. The number of fused-ring (bicyclic) bond motifs is 2. The number of hydrogen-bond donors (Lipinski definition) is 2. The molecule has 2 N–H and O–H groups in total. The number of nitrogens with zero attached hydrogens (tertiary/aromatic N) is 5. The lowest BCUT2D eigenvalue weighted by atomic mass is 9.89. The molecular formula is C25H29N7O2S. The average Bonchev–Trinajstić information content (AvgIpc) is 3.50. The van der Waals surface area contributed by atoms with Crippen LogP contribution in [0.3, 0.4) is 0 Å². The van der Waals surface area contributed by atoms with E-state index in [1.807, 2.05) is 14.1 Å². The third-order valence-corrected chi connectivity index (χ3v) is 8.03. The van der Waals surface area contributed by atoms with E-state index < -0.39 is 11.8 Å². The van der Waals surface area contributed by atoms with E-state index in [-0.39, 0.29) is 12.1 Å². The number of amides is 2. The number of benzene rings is 1. The monoisotopic (exact) mass is 491 g/mol. The van der Waals surface area contributed by atoms with Crippen LogP contribution in [0.4, 0.5) is 5.69 Å². The molecule has 182 valence electrons. The zero-order valence-corrected chi connectivity index (χ0v) is 21.1. The van der Waals surface area contributed by atoms with Gasteiger partial charge in [-0.1, -0.05) is 13.0 Å². The van der Waals surface area contributed by atoms with Gasteiger partial charge in [-0.25, -0.2) is 4.98 Å². The summed E-state index contributed by atoms with van der Waals surface area (Å²) < 4.78 is 1.12. The van der Waals surface area contributed by atoms with Gasteiger partial charge in [0, 0.05) is 18.1 Å². The van der Waals surface area contributed by atoms with Gasteiger partial charge in [0.1, 0.15) is 5.01 Å². The minimum absolute atomic E-state index is 0.175. The van der Waals surface area contributed by atoms with Crippen molar-refractivity contribution >= 4 is 50.0 Å². The van der Waals surface area contributed by atoms with Gasteiger partial charge in [0.05, 0.1) is 45.9 Å². The molecule has 5 rings (SSSR count). The zero-order chi connectivity index (χ0) is 24.7. The lowest BCUT2D eigenvalue weighted by Gasteiger charge is -2.38.